The topological polar surface area (TPSA) is 63.6 Å². The third kappa shape index (κ3) is 5.68. The van der Waals surface area contributed by atoms with Gasteiger partial charge in [0.15, 0.2) is 4.34 Å². The van der Waals surface area contributed by atoms with E-state index in [0.29, 0.717) is 6.61 Å². The Bertz CT molecular complexity index is 1130. The Hall–Kier alpha value is -3.16. The number of carbonyl (C=O) groups excluding carboxylic acids is 1. The van der Waals surface area contributed by atoms with Gasteiger partial charge < -0.3 is 4.74 Å². The number of amides is 1. The van der Waals surface area contributed by atoms with Crippen LogP contribution in [0.3, 0.4) is 0 Å². The summed E-state index contributed by atoms with van der Waals surface area (Å²) in [6, 6.07) is 25.5. The Morgan fingerprint density at radius 2 is 1.90 bits per heavy atom. The molecule has 1 heterocycles. The quantitative estimate of drug-likeness (QED) is 0.238. The van der Waals surface area contributed by atoms with E-state index >= 15 is 0 Å². The maximum atomic E-state index is 12.1. The SMILES string of the molecule is O=C(CSc1nc2ccccc2s1)NN=Cc1cccc(OCc2ccccc2)c1. The van der Waals surface area contributed by atoms with Crippen molar-refractivity contribution in [3.05, 3.63) is 90.0 Å². The molecule has 150 valence electrons. The second-order valence-electron chi connectivity index (χ2n) is 6.38. The molecule has 0 atom stereocenters. The molecule has 1 aromatic heterocycles. The summed E-state index contributed by atoms with van der Waals surface area (Å²) in [7, 11) is 0. The maximum absolute atomic E-state index is 12.1. The minimum absolute atomic E-state index is 0.174. The van der Waals surface area contributed by atoms with Crippen LogP contribution in [-0.4, -0.2) is 22.9 Å². The second kappa shape index (κ2) is 10.0. The number of fused-ring (bicyclic) bond motifs is 1. The van der Waals surface area contributed by atoms with Crippen LogP contribution < -0.4 is 10.2 Å². The molecule has 0 aliphatic carbocycles. The average Bonchev–Trinajstić information content (AvgIpc) is 3.20. The molecule has 0 spiro atoms. The number of carbonyl (C=O) groups is 1. The van der Waals surface area contributed by atoms with Crippen LogP contribution in [0.2, 0.25) is 0 Å². The monoisotopic (exact) mass is 433 g/mol. The molecular weight excluding hydrogens is 414 g/mol. The van der Waals surface area contributed by atoms with Crippen molar-refractivity contribution in [3.63, 3.8) is 0 Å². The van der Waals surface area contributed by atoms with Crippen LogP contribution in [-0.2, 0) is 11.4 Å². The third-order valence-electron chi connectivity index (χ3n) is 4.11. The maximum Gasteiger partial charge on any atom is 0.250 e. The van der Waals surface area contributed by atoms with Gasteiger partial charge in [-0.15, -0.1) is 11.3 Å². The van der Waals surface area contributed by atoms with Crippen molar-refractivity contribution in [2.24, 2.45) is 5.10 Å². The number of hydrazone groups is 1. The molecule has 0 aliphatic rings. The zero-order valence-electron chi connectivity index (χ0n) is 16.0. The van der Waals surface area contributed by atoms with E-state index in [4.69, 9.17) is 4.74 Å². The summed E-state index contributed by atoms with van der Waals surface area (Å²) in [6.07, 6.45) is 1.61. The first-order chi connectivity index (χ1) is 14.8. The minimum atomic E-state index is -0.174. The van der Waals surface area contributed by atoms with Gasteiger partial charge in [-0.05, 0) is 35.4 Å². The van der Waals surface area contributed by atoms with Crippen molar-refractivity contribution in [1.82, 2.24) is 10.4 Å². The number of aromatic nitrogens is 1. The van der Waals surface area contributed by atoms with Gasteiger partial charge in [0.05, 0.1) is 22.2 Å². The highest BCUT2D eigenvalue weighted by atomic mass is 32.2. The van der Waals surface area contributed by atoms with Gasteiger partial charge in [0, 0.05) is 0 Å². The van der Waals surface area contributed by atoms with Crippen molar-refractivity contribution in [1.29, 1.82) is 0 Å². The van der Waals surface area contributed by atoms with Crippen LogP contribution in [0, 0.1) is 0 Å². The lowest BCUT2D eigenvalue weighted by atomic mass is 10.2. The second-order valence-corrected chi connectivity index (χ2v) is 8.63. The number of ether oxygens (including phenoxy) is 1. The molecule has 0 saturated heterocycles. The van der Waals surface area contributed by atoms with Crippen LogP contribution in [0.5, 0.6) is 5.75 Å². The highest BCUT2D eigenvalue weighted by Gasteiger charge is 2.07. The standard InChI is InChI=1S/C23H19N3O2S2/c27-22(16-29-23-25-20-11-4-5-12-21(20)30-23)26-24-14-18-9-6-10-19(13-18)28-15-17-7-2-1-3-8-17/h1-14H,15-16H2,(H,26,27). The number of rotatable bonds is 8. The van der Waals surface area contributed by atoms with Crippen molar-refractivity contribution >= 4 is 45.4 Å². The van der Waals surface area contributed by atoms with Crippen molar-refractivity contribution < 1.29 is 9.53 Å². The molecule has 0 bridgehead atoms. The molecule has 0 fully saturated rings. The van der Waals surface area contributed by atoms with E-state index < -0.39 is 0 Å². The normalized spacial score (nSPS) is 11.1. The third-order valence-corrected chi connectivity index (χ3v) is 6.29. The fraction of sp³-hybridized carbons (Fsp3) is 0.0870. The molecule has 5 nitrogen and oxygen atoms in total. The number of hydrogen-bond acceptors (Lipinski definition) is 6. The molecule has 1 amide bonds. The zero-order valence-corrected chi connectivity index (χ0v) is 17.7. The van der Waals surface area contributed by atoms with Crippen molar-refractivity contribution in [2.45, 2.75) is 10.9 Å². The van der Waals surface area contributed by atoms with E-state index in [0.717, 1.165) is 31.4 Å². The Morgan fingerprint density at radius 3 is 2.77 bits per heavy atom. The van der Waals surface area contributed by atoms with Gasteiger partial charge >= 0.3 is 0 Å². The van der Waals surface area contributed by atoms with Crippen LogP contribution in [0.1, 0.15) is 11.1 Å². The molecule has 0 radical (unpaired) electrons. The molecule has 30 heavy (non-hydrogen) atoms. The largest absolute Gasteiger partial charge is 0.489 e. The first-order valence-corrected chi connectivity index (χ1v) is 11.1. The summed E-state index contributed by atoms with van der Waals surface area (Å²) in [6.45, 7) is 0.501. The molecule has 7 heteroatoms. The highest BCUT2D eigenvalue weighted by molar-refractivity contribution is 8.01. The fourth-order valence-electron chi connectivity index (χ4n) is 2.68. The first-order valence-electron chi connectivity index (χ1n) is 9.33. The van der Waals surface area contributed by atoms with Gasteiger partial charge in [0.1, 0.15) is 12.4 Å². The smallest absolute Gasteiger partial charge is 0.250 e. The Labute approximate surface area is 182 Å². The lowest BCUT2D eigenvalue weighted by molar-refractivity contribution is -0.118. The summed E-state index contributed by atoms with van der Waals surface area (Å²) in [5.41, 5.74) is 5.47. The van der Waals surface area contributed by atoms with Gasteiger partial charge in [-0.25, -0.2) is 10.4 Å². The number of nitrogens with zero attached hydrogens (tertiary/aromatic N) is 2. The summed E-state index contributed by atoms with van der Waals surface area (Å²) >= 11 is 2.99. The number of benzene rings is 3. The summed E-state index contributed by atoms with van der Waals surface area (Å²) in [5, 5.41) is 4.05. The van der Waals surface area contributed by atoms with Gasteiger partial charge in [-0.1, -0.05) is 66.4 Å². The highest BCUT2D eigenvalue weighted by Crippen LogP contribution is 2.29. The van der Waals surface area contributed by atoms with Gasteiger partial charge in [0.2, 0.25) is 0 Å². The number of nitrogens with one attached hydrogen (secondary N) is 1. The first kappa shape index (κ1) is 20.1. The van der Waals surface area contributed by atoms with Gasteiger partial charge in [0.25, 0.3) is 5.91 Å². The molecule has 4 rings (SSSR count). The van der Waals surface area contributed by atoms with E-state index in [2.05, 4.69) is 15.5 Å². The van der Waals surface area contributed by atoms with Crippen LogP contribution >= 0.6 is 23.1 Å². The number of thioether (sulfide) groups is 1. The number of para-hydroxylation sites is 1. The Kier molecular flexibility index (Phi) is 6.74. The van der Waals surface area contributed by atoms with E-state index in [1.807, 2.05) is 78.9 Å². The van der Waals surface area contributed by atoms with Gasteiger partial charge in [-0.2, -0.15) is 5.10 Å². The van der Waals surface area contributed by atoms with E-state index in [1.54, 1.807) is 17.6 Å². The van der Waals surface area contributed by atoms with Crippen LogP contribution in [0.15, 0.2) is 88.3 Å². The number of thiazole rings is 1. The molecule has 0 saturated carbocycles. The van der Waals surface area contributed by atoms with E-state index in [1.165, 1.54) is 11.8 Å². The molecule has 1 N–H and O–H groups in total. The summed E-state index contributed by atoms with van der Waals surface area (Å²) < 4.78 is 7.81. The van der Waals surface area contributed by atoms with Crippen molar-refractivity contribution in [2.75, 3.05) is 5.75 Å². The fourth-order valence-corrected chi connectivity index (χ4v) is 4.54. The predicted octanol–water partition coefficient (Wildman–Crippen LogP) is 5.12. The Morgan fingerprint density at radius 1 is 1.07 bits per heavy atom. The summed E-state index contributed by atoms with van der Waals surface area (Å²) in [5.74, 6) is 0.838. The zero-order chi connectivity index (χ0) is 20.6. The molecular formula is C23H19N3O2S2. The van der Waals surface area contributed by atoms with Crippen molar-refractivity contribution in [3.8, 4) is 5.75 Å². The van der Waals surface area contributed by atoms with Crippen LogP contribution in [0.4, 0.5) is 0 Å². The van der Waals surface area contributed by atoms with E-state index in [-0.39, 0.29) is 11.7 Å². The lowest BCUT2D eigenvalue weighted by Gasteiger charge is -2.06. The Balaban J connectivity index is 1.25. The van der Waals surface area contributed by atoms with Gasteiger partial charge in [-0.3, -0.25) is 4.79 Å². The van der Waals surface area contributed by atoms with E-state index in [9.17, 15) is 4.79 Å². The minimum Gasteiger partial charge on any atom is -0.489 e. The molecule has 0 unspecified atom stereocenters. The number of hydrogen-bond donors (Lipinski definition) is 1. The average molecular weight is 434 g/mol. The molecule has 3 aromatic carbocycles. The predicted molar refractivity (Wildman–Crippen MR) is 123 cm³/mol. The summed E-state index contributed by atoms with van der Waals surface area (Å²) in [4.78, 5) is 16.6. The van der Waals surface area contributed by atoms with Crippen LogP contribution in [0.25, 0.3) is 10.2 Å². The molecule has 4 aromatic rings. The lowest BCUT2D eigenvalue weighted by Crippen LogP contribution is -2.19. The molecule has 0 aliphatic heterocycles.